The number of halogens is 2. The van der Waals surface area contributed by atoms with Gasteiger partial charge in [0.2, 0.25) is 0 Å². The Morgan fingerprint density at radius 1 is 1.55 bits per heavy atom. The van der Waals surface area contributed by atoms with Crippen LogP contribution in [-0.2, 0) is 0 Å². The van der Waals surface area contributed by atoms with E-state index < -0.39 is 16.0 Å². The predicted molar refractivity (Wildman–Crippen MR) is 44.7 cm³/mol. The first kappa shape index (κ1) is 10.7. The van der Waals surface area contributed by atoms with Crippen LogP contribution in [0, 0.1) is 11.3 Å². The lowest BCUT2D eigenvalue weighted by molar-refractivity contribution is 0.664. The maximum absolute atomic E-state index is 12.5. The van der Waals surface area contributed by atoms with E-state index in [1.54, 1.807) is 6.92 Å². The third kappa shape index (κ3) is 5.02. The second-order valence-electron chi connectivity index (χ2n) is 2.64. The van der Waals surface area contributed by atoms with Gasteiger partial charge in [-0.15, -0.1) is 0 Å². The van der Waals surface area contributed by atoms with E-state index in [0.29, 0.717) is 19.3 Å². The van der Waals surface area contributed by atoms with Crippen LogP contribution in [0.1, 0.15) is 26.2 Å². The van der Waals surface area contributed by atoms with Crippen LogP contribution in [-0.4, -0.2) is 11.5 Å². The minimum absolute atomic E-state index is 0.389. The van der Waals surface area contributed by atoms with Gasteiger partial charge in [0, 0.05) is 17.9 Å². The molecule has 0 aromatic heterocycles. The Labute approximate surface area is 68.3 Å². The number of hydrogen-bond donors (Lipinski definition) is 0. The predicted octanol–water partition coefficient (Wildman–Crippen LogP) is 3.27. The molecule has 0 spiro atoms. The zero-order valence-electron chi connectivity index (χ0n) is 6.81. The van der Waals surface area contributed by atoms with Crippen molar-refractivity contribution in [1.29, 1.82) is 5.26 Å². The molecule has 0 saturated heterocycles. The van der Waals surface area contributed by atoms with Crippen LogP contribution in [0.4, 0.5) is 7.77 Å². The van der Waals surface area contributed by atoms with Gasteiger partial charge in [0.1, 0.15) is 0 Å². The molecule has 0 aliphatic carbocycles. The molecule has 1 atom stereocenters. The monoisotopic (exact) mass is 181 g/mol. The molecule has 66 valence electrons. The molecule has 0 bridgehead atoms. The summed E-state index contributed by atoms with van der Waals surface area (Å²) in [5.74, 6) is 0. The fourth-order valence-electron chi connectivity index (χ4n) is 0.676. The summed E-state index contributed by atoms with van der Waals surface area (Å²) in [6.07, 6.45) is 2.45. The summed E-state index contributed by atoms with van der Waals surface area (Å²) in [7, 11) is -3.39. The Balaban J connectivity index is 3.55. The van der Waals surface area contributed by atoms with Crippen molar-refractivity contribution in [1.82, 2.24) is 0 Å². The Morgan fingerprint density at radius 3 is 2.45 bits per heavy atom. The molecular formula is C7H13F2NS. The van der Waals surface area contributed by atoms with Crippen molar-refractivity contribution in [2.24, 2.45) is 0 Å². The summed E-state index contributed by atoms with van der Waals surface area (Å²) in [4.78, 5) is 0. The van der Waals surface area contributed by atoms with Gasteiger partial charge in [-0.1, -0.05) is 6.92 Å². The number of nitrogens with zero attached hydrogens (tertiary/aromatic N) is 1. The number of unbranched alkanes of at least 4 members (excludes halogenated alkanes) is 1. The van der Waals surface area contributed by atoms with Crippen LogP contribution in [0.2, 0.25) is 0 Å². The Hall–Kier alpha value is -0.300. The van der Waals surface area contributed by atoms with E-state index in [1.807, 2.05) is 6.07 Å². The van der Waals surface area contributed by atoms with Crippen LogP contribution in [0.3, 0.4) is 0 Å². The molecule has 0 radical (unpaired) electrons. The molecule has 0 N–H and O–H groups in total. The van der Waals surface area contributed by atoms with Crippen molar-refractivity contribution in [3.63, 3.8) is 0 Å². The maximum atomic E-state index is 12.5. The summed E-state index contributed by atoms with van der Waals surface area (Å²) in [5.41, 5.74) is 0. The lowest BCUT2D eigenvalue weighted by atomic mass is 10.2. The summed E-state index contributed by atoms with van der Waals surface area (Å²) < 4.78 is 25.1. The minimum atomic E-state index is -3.39. The summed E-state index contributed by atoms with van der Waals surface area (Å²) in [6.45, 7) is 1.55. The molecule has 0 aromatic carbocycles. The van der Waals surface area contributed by atoms with E-state index in [2.05, 4.69) is 0 Å². The van der Waals surface area contributed by atoms with Crippen molar-refractivity contribution in [3.8, 4) is 6.07 Å². The zero-order chi connectivity index (χ0) is 8.91. The highest BCUT2D eigenvalue weighted by Crippen LogP contribution is 2.53. The second kappa shape index (κ2) is 4.55. The molecule has 0 aliphatic heterocycles. The fraction of sp³-hybridized carbons (Fsp3) is 0.857. The van der Waals surface area contributed by atoms with Gasteiger partial charge in [-0.2, -0.15) is 13.0 Å². The topological polar surface area (TPSA) is 23.8 Å². The van der Waals surface area contributed by atoms with E-state index in [1.165, 1.54) is 0 Å². The van der Waals surface area contributed by atoms with Gasteiger partial charge in [0.05, 0.1) is 16.9 Å². The standard InChI is InChI=1S/C7H13F2NS/c1-7(11(2,8)9)5-3-4-6-10/h7H,3-5H2,1-2H3. The number of hydrogen-bond acceptors (Lipinski definition) is 1. The average Bonchev–Trinajstić information content (AvgIpc) is 1.86. The molecule has 0 fully saturated rings. The molecule has 4 heteroatoms. The zero-order valence-corrected chi connectivity index (χ0v) is 7.63. The van der Waals surface area contributed by atoms with Crippen molar-refractivity contribution in [2.75, 3.05) is 6.26 Å². The molecule has 0 aliphatic rings. The molecule has 0 saturated carbocycles. The largest absolute Gasteiger partial charge is 0.198 e. The smallest absolute Gasteiger partial charge is 0.0621 e. The molecule has 1 nitrogen and oxygen atoms in total. The molecule has 0 rings (SSSR count). The fourth-order valence-corrected chi connectivity index (χ4v) is 1.26. The molecule has 1 unspecified atom stereocenters. The third-order valence-electron chi connectivity index (χ3n) is 1.61. The Kier molecular flexibility index (Phi) is 4.43. The molecule has 0 heterocycles. The van der Waals surface area contributed by atoms with E-state index >= 15 is 0 Å². The highest BCUT2D eigenvalue weighted by Gasteiger charge is 2.23. The van der Waals surface area contributed by atoms with Gasteiger partial charge in [-0.3, -0.25) is 0 Å². The highest BCUT2D eigenvalue weighted by atomic mass is 32.3. The van der Waals surface area contributed by atoms with Gasteiger partial charge in [0.15, 0.2) is 0 Å². The van der Waals surface area contributed by atoms with E-state index in [9.17, 15) is 7.77 Å². The van der Waals surface area contributed by atoms with Gasteiger partial charge < -0.3 is 0 Å². The number of nitriles is 1. The van der Waals surface area contributed by atoms with E-state index in [4.69, 9.17) is 5.26 Å². The molecular weight excluding hydrogens is 168 g/mol. The Bertz CT molecular complexity index is 148. The first-order valence-corrected chi connectivity index (χ1v) is 5.42. The van der Waals surface area contributed by atoms with Crippen LogP contribution < -0.4 is 0 Å². The van der Waals surface area contributed by atoms with E-state index in [0.717, 1.165) is 6.26 Å². The summed E-state index contributed by atoms with van der Waals surface area (Å²) in [6, 6.07) is 1.94. The Morgan fingerprint density at radius 2 is 2.09 bits per heavy atom. The van der Waals surface area contributed by atoms with E-state index in [-0.39, 0.29) is 0 Å². The van der Waals surface area contributed by atoms with Crippen molar-refractivity contribution < 1.29 is 7.77 Å². The molecule has 11 heavy (non-hydrogen) atoms. The van der Waals surface area contributed by atoms with Gasteiger partial charge in [-0.25, -0.2) is 0 Å². The lowest BCUT2D eigenvalue weighted by Gasteiger charge is -2.22. The quantitative estimate of drug-likeness (QED) is 0.610. The van der Waals surface area contributed by atoms with Crippen molar-refractivity contribution in [2.45, 2.75) is 31.4 Å². The lowest BCUT2D eigenvalue weighted by Crippen LogP contribution is -2.05. The second-order valence-corrected chi connectivity index (χ2v) is 5.01. The number of rotatable bonds is 4. The van der Waals surface area contributed by atoms with Crippen LogP contribution >= 0.6 is 10.8 Å². The average molecular weight is 181 g/mol. The SMILES string of the molecule is CC(CCCC#N)S(C)(F)F. The first-order valence-electron chi connectivity index (χ1n) is 3.52. The molecule has 0 amide bonds. The normalized spacial score (nSPS) is 15.5. The van der Waals surface area contributed by atoms with Crippen LogP contribution in [0.25, 0.3) is 0 Å². The van der Waals surface area contributed by atoms with Gasteiger partial charge in [0.25, 0.3) is 0 Å². The third-order valence-corrected chi connectivity index (χ3v) is 3.25. The van der Waals surface area contributed by atoms with Crippen molar-refractivity contribution >= 4 is 10.8 Å². The summed E-state index contributed by atoms with van der Waals surface area (Å²) >= 11 is 0. The van der Waals surface area contributed by atoms with Crippen LogP contribution in [0.15, 0.2) is 0 Å². The van der Waals surface area contributed by atoms with Crippen molar-refractivity contribution in [3.05, 3.63) is 0 Å². The molecule has 0 aromatic rings. The van der Waals surface area contributed by atoms with Crippen LogP contribution in [0.5, 0.6) is 0 Å². The summed E-state index contributed by atoms with van der Waals surface area (Å²) in [5, 5.41) is 7.62. The van der Waals surface area contributed by atoms with Gasteiger partial charge in [-0.05, 0) is 12.8 Å². The first-order chi connectivity index (χ1) is 4.98. The minimum Gasteiger partial charge on any atom is -0.198 e. The van der Waals surface area contributed by atoms with Gasteiger partial charge >= 0.3 is 0 Å². The maximum Gasteiger partial charge on any atom is 0.0621 e. The highest BCUT2D eigenvalue weighted by molar-refractivity contribution is 8.25.